The first-order chi connectivity index (χ1) is 11.1. The van der Waals surface area contributed by atoms with Crippen LogP contribution in [0, 0.1) is 0 Å². The third kappa shape index (κ3) is 5.32. The smallest absolute Gasteiger partial charge is 0.0234 e. The van der Waals surface area contributed by atoms with E-state index >= 15 is 0 Å². The SMILES string of the molecule is C=C(C)c1cc(Br)cc(CN(C)Cc2ccc(C(C)(C)C)cc2)c1. The molecule has 0 fully saturated rings. The van der Waals surface area contributed by atoms with Gasteiger partial charge in [0.2, 0.25) is 0 Å². The predicted octanol–water partition coefficient (Wildman–Crippen LogP) is 6.41. The largest absolute Gasteiger partial charge is 0.298 e. The molecule has 128 valence electrons. The highest BCUT2D eigenvalue weighted by Crippen LogP contribution is 2.24. The van der Waals surface area contributed by atoms with Crippen molar-refractivity contribution in [1.29, 1.82) is 0 Å². The number of hydrogen-bond acceptors (Lipinski definition) is 1. The van der Waals surface area contributed by atoms with E-state index in [1.165, 1.54) is 22.3 Å². The van der Waals surface area contributed by atoms with Crippen molar-refractivity contribution in [2.45, 2.75) is 46.2 Å². The van der Waals surface area contributed by atoms with Crippen LogP contribution in [0.4, 0.5) is 0 Å². The number of allylic oxidation sites excluding steroid dienone is 1. The van der Waals surface area contributed by atoms with E-state index in [2.05, 4.69) is 97.7 Å². The van der Waals surface area contributed by atoms with Crippen molar-refractivity contribution in [1.82, 2.24) is 4.90 Å². The molecule has 2 heteroatoms. The maximum atomic E-state index is 4.05. The number of nitrogens with zero attached hydrogens (tertiary/aromatic N) is 1. The van der Waals surface area contributed by atoms with Gasteiger partial charge < -0.3 is 0 Å². The Hall–Kier alpha value is -1.38. The Bertz CT molecular complexity index is 708. The molecule has 0 aliphatic carbocycles. The van der Waals surface area contributed by atoms with Crippen molar-refractivity contribution >= 4 is 21.5 Å². The lowest BCUT2D eigenvalue weighted by Crippen LogP contribution is -2.17. The number of rotatable bonds is 5. The molecule has 0 saturated carbocycles. The standard InChI is InChI=1S/C22H28BrN/c1-16(2)19-11-18(12-21(23)13-19)15-24(6)14-17-7-9-20(10-8-17)22(3,4)5/h7-13H,1,14-15H2,2-6H3. The van der Waals surface area contributed by atoms with E-state index in [0.29, 0.717) is 0 Å². The minimum absolute atomic E-state index is 0.208. The van der Waals surface area contributed by atoms with Crippen LogP contribution < -0.4 is 0 Å². The van der Waals surface area contributed by atoms with Gasteiger partial charge in [-0.1, -0.05) is 79.2 Å². The van der Waals surface area contributed by atoms with E-state index in [9.17, 15) is 0 Å². The molecule has 2 aromatic carbocycles. The van der Waals surface area contributed by atoms with Crippen LogP contribution in [-0.2, 0) is 18.5 Å². The average molecular weight is 386 g/mol. The summed E-state index contributed by atoms with van der Waals surface area (Å²) in [6, 6.07) is 15.5. The highest BCUT2D eigenvalue weighted by Gasteiger charge is 2.13. The van der Waals surface area contributed by atoms with Gasteiger partial charge in [-0.05, 0) is 53.8 Å². The molecule has 0 aliphatic rings. The highest BCUT2D eigenvalue weighted by atomic mass is 79.9. The van der Waals surface area contributed by atoms with Crippen molar-refractivity contribution in [3.8, 4) is 0 Å². The number of hydrogen-bond donors (Lipinski definition) is 0. The number of halogens is 1. The lowest BCUT2D eigenvalue weighted by atomic mass is 9.87. The van der Waals surface area contributed by atoms with E-state index < -0.39 is 0 Å². The van der Waals surface area contributed by atoms with Gasteiger partial charge in [0.15, 0.2) is 0 Å². The van der Waals surface area contributed by atoms with Gasteiger partial charge >= 0.3 is 0 Å². The Morgan fingerprint density at radius 1 is 1.00 bits per heavy atom. The summed E-state index contributed by atoms with van der Waals surface area (Å²) >= 11 is 3.60. The van der Waals surface area contributed by atoms with Crippen molar-refractivity contribution < 1.29 is 0 Å². The molecule has 0 spiro atoms. The molecule has 0 N–H and O–H groups in total. The van der Waals surface area contributed by atoms with Crippen molar-refractivity contribution in [2.75, 3.05) is 7.05 Å². The summed E-state index contributed by atoms with van der Waals surface area (Å²) in [5, 5.41) is 0. The molecule has 1 nitrogen and oxygen atoms in total. The molecular formula is C22H28BrN. The molecule has 0 amide bonds. The van der Waals surface area contributed by atoms with Crippen LogP contribution in [0.15, 0.2) is 53.5 Å². The average Bonchev–Trinajstić information content (AvgIpc) is 2.46. The van der Waals surface area contributed by atoms with Crippen LogP contribution in [0.5, 0.6) is 0 Å². The lowest BCUT2D eigenvalue weighted by Gasteiger charge is -2.21. The van der Waals surface area contributed by atoms with E-state index in [0.717, 1.165) is 23.1 Å². The zero-order valence-electron chi connectivity index (χ0n) is 15.5. The fourth-order valence-electron chi connectivity index (χ4n) is 2.78. The molecule has 0 saturated heterocycles. The first-order valence-electron chi connectivity index (χ1n) is 8.38. The van der Waals surface area contributed by atoms with Crippen LogP contribution in [0.25, 0.3) is 5.57 Å². The zero-order valence-corrected chi connectivity index (χ0v) is 17.1. The molecule has 0 aromatic heterocycles. The molecule has 0 bridgehead atoms. The van der Waals surface area contributed by atoms with Crippen LogP contribution in [-0.4, -0.2) is 11.9 Å². The minimum atomic E-state index is 0.208. The highest BCUT2D eigenvalue weighted by molar-refractivity contribution is 9.10. The topological polar surface area (TPSA) is 3.24 Å². The van der Waals surface area contributed by atoms with Crippen molar-refractivity contribution in [3.63, 3.8) is 0 Å². The first kappa shape index (κ1) is 19.0. The second-order valence-corrected chi connectivity index (χ2v) is 8.66. The molecule has 0 heterocycles. The van der Waals surface area contributed by atoms with E-state index in [1.54, 1.807) is 0 Å². The molecule has 0 aliphatic heterocycles. The Balaban J connectivity index is 2.05. The fourth-order valence-corrected chi connectivity index (χ4v) is 3.32. The molecule has 0 unspecified atom stereocenters. The van der Waals surface area contributed by atoms with Crippen LogP contribution in [0.1, 0.15) is 49.9 Å². The van der Waals surface area contributed by atoms with Gasteiger partial charge in [0.25, 0.3) is 0 Å². The van der Waals surface area contributed by atoms with E-state index in [1.807, 2.05) is 6.92 Å². The Labute approximate surface area is 155 Å². The van der Waals surface area contributed by atoms with E-state index in [-0.39, 0.29) is 5.41 Å². The molecule has 0 radical (unpaired) electrons. The Morgan fingerprint density at radius 3 is 2.12 bits per heavy atom. The van der Waals surface area contributed by atoms with Gasteiger partial charge in [-0.2, -0.15) is 0 Å². The number of benzene rings is 2. The molecule has 24 heavy (non-hydrogen) atoms. The maximum Gasteiger partial charge on any atom is 0.0234 e. The molecule has 0 atom stereocenters. The van der Waals surface area contributed by atoms with Crippen LogP contribution in [0.2, 0.25) is 0 Å². The van der Waals surface area contributed by atoms with E-state index in [4.69, 9.17) is 0 Å². The van der Waals surface area contributed by atoms with Crippen LogP contribution in [0.3, 0.4) is 0 Å². The van der Waals surface area contributed by atoms with Crippen molar-refractivity contribution in [2.24, 2.45) is 0 Å². The molecular weight excluding hydrogens is 358 g/mol. The van der Waals surface area contributed by atoms with Gasteiger partial charge in [0.05, 0.1) is 0 Å². The van der Waals surface area contributed by atoms with Crippen molar-refractivity contribution in [3.05, 3.63) is 75.8 Å². The first-order valence-corrected chi connectivity index (χ1v) is 9.18. The van der Waals surface area contributed by atoms with Crippen LogP contribution >= 0.6 is 15.9 Å². The van der Waals surface area contributed by atoms with Gasteiger partial charge in [-0.3, -0.25) is 4.90 Å². The fraction of sp³-hybridized carbons (Fsp3) is 0.364. The summed E-state index contributed by atoms with van der Waals surface area (Å²) < 4.78 is 1.11. The molecule has 2 rings (SSSR count). The summed E-state index contributed by atoms with van der Waals surface area (Å²) in [6.45, 7) is 14.7. The molecule has 2 aromatic rings. The summed E-state index contributed by atoms with van der Waals surface area (Å²) in [6.07, 6.45) is 0. The zero-order chi connectivity index (χ0) is 17.9. The van der Waals surface area contributed by atoms with Gasteiger partial charge in [0, 0.05) is 17.6 Å². The maximum absolute atomic E-state index is 4.05. The quantitative estimate of drug-likeness (QED) is 0.574. The third-order valence-electron chi connectivity index (χ3n) is 4.18. The monoisotopic (exact) mass is 385 g/mol. The summed E-state index contributed by atoms with van der Waals surface area (Å²) in [4.78, 5) is 2.34. The van der Waals surface area contributed by atoms with Gasteiger partial charge in [-0.15, -0.1) is 0 Å². The minimum Gasteiger partial charge on any atom is -0.298 e. The lowest BCUT2D eigenvalue weighted by molar-refractivity contribution is 0.319. The summed E-state index contributed by atoms with van der Waals surface area (Å²) in [5.74, 6) is 0. The van der Waals surface area contributed by atoms with Gasteiger partial charge in [0.1, 0.15) is 0 Å². The third-order valence-corrected chi connectivity index (χ3v) is 4.63. The Kier molecular flexibility index (Phi) is 6.06. The second-order valence-electron chi connectivity index (χ2n) is 7.75. The van der Waals surface area contributed by atoms with Gasteiger partial charge in [-0.25, -0.2) is 0 Å². The predicted molar refractivity (Wildman–Crippen MR) is 109 cm³/mol. The summed E-state index contributed by atoms with van der Waals surface area (Å²) in [7, 11) is 2.17. The normalized spacial score (nSPS) is 11.8. The Morgan fingerprint density at radius 2 is 1.58 bits per heavy atom. The summed E-state index contributed by atoms with van der Waals surface area (Å²) in [5.41, 5.74) is 6.53. The second kappa shape index (κ2) is 7.67.